The molecule has 0 aliphatic carbocycles. The molecule has 3 atom stereocenters. The van der Waals surface area contributed by atoms with Crippen LogP contribution in [-0.2, 0) is 4.74 Å². The van der Waals surface area contributed by atoms with E-state index in [4.69, 9.17) is 4.74 Å². The van der Waals surface area contributed by atoms with Gasteiger partial charge in [0.15, 0.2) is 0 Å². The lowest BCUT2D eigenvalue weighted by Crippen LogP contribution is -2.65. The smallest absolute Gasteiger partial charge is 0.0641 e. The molecule has 0 aromatic heterocycles. The molecule has 3 nitrogen and oxygen atoms in total. The van der Waals surface area contributed by atoms with Crippen molar-refractivity contribution >= 4 is 0 Å². The maximum Gasteiger partial charge on any atom is 0.0641 e. The molecule has 0 amide bonds. The van der Waals surface area contributed by atoms with Gasteiger partial charge in [0.05, 0.1) is 5.60 Å². The summed E-state index contributed by atoms with van der Waals surface area (Å²) in [5, 5.41) is 3.71. The van der Waals surface area contributed by atoms with Crippen molar-refractivity contribution in [3.05, 3.63) is 0 Å². The summed E-state index contributed by atoms with van der Waals surface area (Å²) in [4.78, 5) is 2.73. The van der Waals surface area contributed by atoms with Gasteiger partial charge in [0.1, 0.15) is 0 Å². The Morgan fingerprint density at radius 1 is 1.33 bits per heavy atom. The summed E-state index contributed by atoms with van der Waals surface area (Å²) in [6.45, 7) is 14.6. The summed E-state index contributed by atoms with van der Waals surface area (Å²) in [6.07, 6.45) is 3.55. The molecule has 2 rings (SSSR count). The van der Waals surface area contributed by atoms with Crippen LogP contribution in [0, 0.1) is 0 Å². The second-order valence-corrected chi connectivity index (χ2v) is 7.07. The molecule has 2 heterocycles. The Hall–Kier alpha value is -0.120. The molecule has 1 N–H and O–H groups in total. The van der Waals surface area contributed by atoms with Crippen molar-refractivity contribution in [2.45, 2.75) is 77.1 Å². The van der Waals surface area contributed by atoms with Gasteiger partial charge in [0.2, 0.25) is 0 Å². The monoisotopic (exact) mass is 254 g/mol. The zero-order chi connectivity index (χ0) is 13.4. The van der Waals surface area contributed by atoms with E-state index in [0.29, 0.717) is 12.1 Å². The largest absolute Gasteiger partial charge is 0.375 e. The molecular weight excluding hydrogens is 224 g/mol. The molecule has 2 fully saturated rings. The Morgan fingerprint density at radius 3 is 2.67 bits per heavy atom. The van der Waals surface area contributed by atoms with E-state index in [9.17, 15) is 0 Å². The van der Waals surface area contributed by atoms with Crippen LogP contribution in [-0.4, -0.2) is 47.8 Å². The van der Waals surface area contributed by atoms with Gasteiger partial charge in [-0.2, -0.15) is 0 Å². The number of hydrogen-bond donors (Lipinski definition) is 1. The fourth-order valence-corrected chi connectivity index (χ4v) is 3.33. The highest BCUT2D eigenvalue weighted by Gasteiger charge is 2.39. The van der Waals surface area contributed by atoms with Crippen LogP contribution >= 0.6 is 0 Å². The fourth-order valence-electron chi connectivity index (χ4n) is 3.33. The number of ether oxygens (including phenoxy) is 1. The maximum atomic E-state index is 5.86. The second-order valence-electron chi connectivity index (χ2n) is 7.07. The first-order valence-corrected chi connectivity index (χ1v) is 7.50. The lowest BCUT2D eigenvalue weighted by Gasteiger charge is -2.51. The Kier molecular flexibility index (Phi) is 4.05. The molecule has 0 saturated carbocycles. The van der Waals surface area contributed by atoms with Gasteiger partial charge < -0.3 is 10.1 Å². The third kappa shape index (κ3) is 3.06. The number of nitrogens with one attached hydrogen (secondary N) is 1. The summed E-state index contributed by atoms with van der Waals surface area (Å²) in [6, 6.07) is 1.33. The predicted octanol–water partition coefficient (Wildman–Crippen LogP) is 2.41. The molecule has 18 heavy (non-hydrogen) atoms. The third-order valence-corrected chi connectivity index (χ3v) is 4.84. The molecule has 0 spiro atoms. The van der Waals surface area contributed by atoms with Crippen LogP contribution in [0.4, 0.5) is 0 Å². The van der Waals surface area contributed by atoms with E-state index in [1.807, 2.05) is 0 Å². The van der Waals surface area contributed by atoms with Crippen molar-refractivity contribution in [1.82, 2.24) is 10.2 Å². The molecular formula is C15H30N2O. The van der Waals surface area contributed by atoms with E-state index >= 15 is 0 Å². The number of piperazine rings is 1. The van der Waals surface area contributed by atoms with Crippen molar-refractivity contribution in [3.63, 3.8) is 0 Å². The lowest BCUT2D eigenvalue weighted by molar-refractivity contribution is -0.0965. The minimum Gasteiger partial charge on any atom is -0.375 e. The normalized spacial score (nSPS) is 41.8. The van der Waals surface area contributed by atoms with Gasteiger partial charge in [-0.05, 0) is 47.0 Å². The van der Waals surface area contributed by atoms with E-state index < -0.39 is 0 Å². The third-order valence-electron chi connectivity index (χ3n) is 4.84. The van der Waals surface area contributed by atoms with Crippen LogP contribution in [0.2, 0.25) is 0 Å². The first kappa shape index (κ1) is 14.3. The second kappa shape index (κ2) is 5.10. The maximum absolute atomic E-state index is 5.86. The highest BCUT2D eigenvalue weighted by atomic mass is 16.5. The van der Waals surface area contributed by atoms with Crippen LogP contribution < -0.4 is 5.32 Å². The Bertz CT molecular complexity index is 292. The average molecular weight is 254 g/mol. The Morgan fingerprint density at radius 2 is 2.06 bits per heavy atom. The van der Waals surface area contributed by atoms with Gasteiger partial charge in [0, 0.05) is 37.3 Å². The SMILES string of the molecule is CCC1(C)CN(C2CCOC(C)(C)C2)C(C)CN1. The van der Waals surface area contributed by atoms with Gasteiger partial charge in [-0.3, -0.25) is 4.90 Å². The van der Waals surface area contributed by atoms with Gasteiger partial charge >= 0.3 is 0 Å². The zero-order valence-electron chi connectivity index (χ0n) is 12.8. The van der Waals surface area contributed by atoms with E-state index in [1.54, 1.807) is 0 Å². The van der Waals surface area contributed by atoms with Crippen molar-refractivity contribution in [3.8, 4) is 0 Å². The molecule has 0 bridgehead atoms. The van der Waals surface area contributed by atoms with Crippen LogP contribution in [0.5, 0.6) is 0 Å². The summed E-state index contributed by atoms with van der Waals surface area (Å²) >= 11 is 0. The Labute approximate surface area is 112 Å². The summed E-state index contributed by atoms with van der Waals surface area (Å²) in [7, 11) is 0. The topological polar surface area (TPSA) is 24.5 Å². The predicted molar refractivity (Wildman–Crippen MR) is 75.9 cm³/mol. The quantitative estimate of drug-likeness (QED) is 0.819. The van der Waals surface area contributed by atoms with E-state index in [2.05, 4.69) is 44.8 Å². The van der Waals surface area contributed by atoms with Gasteiger partial charge in [-0.15, -0.1) is 0 Å². The van der Waals surface area contributed by atoms with E-state index in [1.165, 1.54) is 19.4 Å². The fraction of sp³-hybridized carbons (Fsp3) is 1.00. The van der Waals surface area contributed by atoms with Crippen molar-refractivity contribution < 1.29 is 4.74 Å². The minimum absolute atomic E-state index is 0.0517. The first-order valence-electron chi connectivity index (χ1n) is 7.50. The van der Waals surface area contributed by atoms with Crippen molar-refractivity contribution in [2.75, 3.05) is 19.7 Å². The molecule has 0 aromatic carbocycles. The lowest BCUT2D eigenvalue weighted by atomic mass is 9.87. The van der Waals surface area contributed by atoms with Gasteiger partial charge in [0.25, 0.3) is 0 Å². The number of nitrogens with zero attached hydrogens (tertiary/aromatic N) is 1. The molecule has 2 aliphatic rings. The highest BCUT2D eigenvalue weighted by molar-refractivity contribution is 4.97. The van der Waals surface area contributed by atoms with E-state index in [-0.39, 0.29) is 11.1 Å². The van der Waals surface area contributed by atoms with Gasteiger partial charge in [-0.1, -0.05) is 6.92 Å². The summed E-state index contributed by atoms with van der Waals surface area (Å²) in [5.41, 5.74) is 0.338. The first-order chi connectivity index (χ1) is 8.35. The molecule has 3 heteroatoms. The van der Waals surface area contributed by atoms with Crippen LogP contribution in [0.15, 0.2) is 0 Å². The van der Waals surface area contributed by atoms with Crippen LogP contribution in [0.1, 0.15) is 53.9 Å². The highest BCUT2D eigenvalue weighted by Crippen LogP contribution is 2.31. The molecule has 2 saturated heterocycles. The molecule has 0 aromatic rings. The van der Waals surface area contributed by atoms with Gasteiger partial charge in [-0.25, -0.2) is 0 Å². The Balaban J connectivity index is 2.05. The summed E-state index contributed by atoms with van der Waals surface area (Å²) in [5.74, 6) is 0. The molecule has 106 valence electrons. The molecule has 2 aliphatic heterocycles. The van der Waals surface area contributed by atoms with Crippen LogP contribution in [0.25, 0.3) is 0 Å². The van der Waals surface area contributed by atoms with Crippen molar-refractivity contribution in [2.24, 2.45) is 0 Å². The minimum atomic E-state index is 0.0517. The molecule has 3 unspecified atom stereocenters. The summed E-state index contributed by atoms with van der Waals surface area (Å²) < 4.78 is 5.86. The zero-order valence-corrected chi connectivity index (χ0v) is 12.8. The standard InChI is InChI=1S/C15H30N2O/c1-6-15(5)11-17(12(2)10-16-15)13-7-8-18-14(3,4)9-13/h12-13,16H,6-11H2,1-5H3. The number of hydrogen-bond acceptors (Lipinski definition) is 3. The van der Waals surface area contributed by atoms with E-state index in [0.717, 1.165) is 19.6 Å². The van der Waals surface area contributed by atoms with Crippen LogP contribution in [0.3, 0.4) is 0 Å². The number of rotatable bonds is 2. The molecule has 0 radical (unpaired) electrons. The van der Waals surface area contributed by atoms with Crippen molar-refractivity contribution in [1.29, 1.82) is 0 Å². The average Bonchev–Trinajstić information content (AvgIpc) is 2.31.